The van der Waals surface area contributed by atoms with Crippen molar-refractivity contribution in [1.29, 1.82) is 0 Å². The van der Waals surface area contributed by atoms with Gasteiger partial charge in [0.25, 0.3) is 0 Å². The van der Waals surface area contributed by atoms with E-state index in [9.17, 15) is 4.57 Å². The lowest BCUT2D eigenvalue weighted by Gasteiger charge is -2.41. The van der Waals surface area contributed by atoms with Crippen molar-refractivity contribution in [3.8, 4) is 11.5 Å². The summed E-state index contributed by atoms with van der Waals surface area (Å²) in [7, 11) is -1.11. The van der Waals surface area contributed by atoms with E-state index in [-0.39, 0.29) is 6.04 Å². The first-order chi connectivity index (χ1) is 18.8. The number of methoxy groups -OCH3 is 1. The molecule has 0 radical (unpaired) electrons. The Balaban J connectivity index is 1.33. The lowest BCUT2D eigenvalue weighted by molar-refractivity contribution is 0.0705. The quantitative estimate of drug-likeness (QED) is 0.299. The maximum Gasteiger partial charge on any atom is 0.229 e. The second-order valence-corrected chi connectivity index (χ2v) is 13.6. The number of nitrogens with one attached hydrogen (secondary N) is 2. The number of nitrogens with zero attached hydrogens (tertiary/aromatic N) is 5. The number of hydrogen-bond donors (Lipinski definition) is 2. The summed E-state index contributed by atoms with van der Waals surface area (Å²) in [5, 5.41) is 7.20. The van der Waals surface area contributed by atoms with Gasteiger partial charge in [-0.3, -0.25) is 9.97 Å². The van der Waals surface area contributed by atoms with E-state index < -0.39 is 7.14 Å². The third kappa shape index (κ3) is 4.99. The smallest absolute Gasteiger partial charge is 0.229 e. The van der Waals surface area contributed by atoms with Gasteiger partial charge in [0.15, 0.2) is 0 Å². The van der Waals surface area contributed by atoms with Crippen molar-refractivity contribution in [2.45, 2.75) is 6.04 Å². The molecule has 4 heterocycles. The monoisotopic (exact) mass is 611 g/mol. The third-order valence-corrected chi connectivity index (χ3v) is 8.76. The molecule has 13 heteroatoms. The number of fused-ring (bicyclic) bond motifs is 4. The molecule has 6 rings (SSSR count). The average molecular weight is 612 g/mol. The Kier molecular flexibility index (Phi) is 6.78. The second-order valence-electron chi connectivity index (χ2n) is 9.63. The van der Waals surface area contributed by atoms with Crippen LogP contribution in [0.15, 0.2) is 47.3 Å². The average Bonchev–Trinajstić information content (AvgIpc) is 2.93. The summed E-state index contributed by atoms with van der Waals surface area (Å²) < 4.78 is 31.3. The lowest BCUT2D eigenvalue weighted by Crippen LogP contribution is -2.51. The van der Waals surface area contributed by atoms with Crippen LogP contribution < -0.4 is 30.3 Å². The van der Waals surface area contributed by atoms with Gasteiger partial charge in [0.1, 0.15) is 36.6 Å². The first-order valence-electron chi connectivity index (χ1n) is 12.4. The van der Waals surface area contributed by atoms with Crippen LogP contribution in [0.5, 0.6) is 11.5 Å². The molecule has 0 aliphatic carbocycles. The lowest BCUT2D eigenvalue weighted by atomic mass is 10.1. The summed E-state index contributed by atoms with van der Waals surface area (Å²) in [4.78, 5) is 20.3. The number of morpholine rings is 1. The highest BCUT2D eigenvalue weighted by Gasteiger charge is 2.31. The maximum atomic E-state index is 13.3. The zero-order valence-corrected chi connectivity index (χ0v) is 24.1. The number of hydrogen-bond acceptors (Lipinski definition) is 11. The van der Waals surface area contributed by atoms with Crippen LogP contribution in [0, 0.1) is 0 Å². The molecule has 2 aliphatic rings. The minimum Gasteiger partial charge on any atom is -0.494 e. The minimum absolute atomic E-state index is 0.186. The Morgan fingerprint density at radius 3 is 2.77 bits per heavy atom. The Labute approximate surface area is 233 Å². The molecule has 0 unspecified atom stereocenters. The predicted molar refractivity (Wildman–Crippen MR) is 155 cm³/mol. The molecule has 2 aromatic carbocycles. The van der Waals surface area contributed by atoms with Crippen LogP contribution in [0.3, 0.4) is 0 Å². The molecule has 0 amide bonds. The van der Waals surface area contributed by atoms with E-state index in [0.29, 0.717) is 69.5 Å². The first-order valence-corrected chi connectivity index (χ1v) is 15.8. The van der Waals surface area contributed by atoms with Crippen molar-refractivity contribution in [2.24, 2.45) is 0 Å². The normalized spacial score (nSPS) is 16.7. The molecule has 0 bridgehead atoms. The number of aromatic nitrogens is 4. The molecule has 0 saturated carbocycles. The second kappa shape index (κ2) is 10.3. The van der Waals surface area contributed by atoms with Crippen molar-refractivity contribution in [1.82, 2.24) is 19.9 Å². The standard InChI is InChI=1S/C26H27BrN7O4P/c1-36-21-11-20-22(38-14-15-13-37-9-8-34(15)20)10-19(21)32-26-30-12-16(27)25(33-26)31-18-5-4-17-23(29-7-6-28-17)24(18)39(2,3)35/h4-7,10-12,15H,8-9,13-14H2,1-3H3,(H2,30,31,32,33)/t15-/m1/s1. The molecule has 4 aromatic rings. The number of halogens is 1. The van der Waals surface area contributed by atoms with Gasteiger partial charge in [0, 0.05) is 37.3 Å². The molecule has 1 fully saturated rings. The minimum atomic E-state index is -2.73. The predicted octanol–water partition coefficient (Wildman–Crippen LogP) is 4.52. The van der Waals surface area contributed by atoms with E-state index >= 15 is 0 Å². The maximum absolute atomic E-state index is 13.3. The highest BCUT2D eigenvalue weighted by molar-refractivity contribution is 9.10. The summed E-state index contributed by atoms with van der Waals surface area (Å²) in [6.07, 6.45) is 4.87. The number of ether oxygens (including phenoxy) is 3. The molecule has 202 valence electrons. The van der Waals surface area contributed by atoms with Crippen LogP contribution >= 0.6 is 23.1 Å². The van der Waals surface area contributed by atoms with E-state index in [1.165, 1.54) is 0 Å². The van der Waals surface area contributed by atoms with Crippen LogP contribution in [0.25, 0.3) is 11.0 Å². The number of benzene rings is 2. The Morgan fingerprint density at radius 2 is 1.95 bits per heavy atom. The highest BCUT2D eigenvalue weighted by Crippen LogP contribution is 2.44. The van der Waals surface area contributed by atoms with E-state index in [4.69, 9.17) is 14.2 Å². The van der Waals surface area contributed by atoms with Gasteiger partial charge in [-0.25, -0.2) is 4.98 Å². The Hall–Kier alpha value is -3.47. The fraction of sp³-hybridized carbons (Fsp3) is 0.308. The molecule has 2 N–H and O–H groups in total. The summed E-state index contributed by atoms with van der Waals surface area (Å²) in [5.41, 5.74) is 3.56. The number of anilines is 5. The number of rotatable bonds is 6. The Morgan fingerprint density at radius 1 is 1.10 bits per heavy atom. The van der Waals surface area contributed by atoms with Gasteiger partial charge < -0.3 is 34.3 Å². The molecule has 2 aliphatic heterocycles. The van der Waals surface area contributed by atoms with Crippen molar-refractivity contribution in [3.63, 3.8) is 0 Å². The summed E-state index contributed by atoms with van der Waals surface area (Å²) in [6, 6.07) is 7.75. The van der Waals surface area contributed by atoms with Gasteiger partial charge in [-0.2, -0.15) is 4.98 Å². The largest absolute Gasteiger partial charge is 0.494 e. The van der Waals surface area contributed by atoms with E-state index in [2.05, 4.69) is 51.4 Å². The molecule has 1 atom stereocenters. The van der Waals surface area contributed by atoms with Crippen LogP contribution in [0.2, 0.25) is 0 Å². The SMILES string of the molecule is COc1cc2c(cc1Nc1ncc(Br)c(Nc3ccc4nccnc4c3P(C)(C)=O)n1)OC[C@H]1COCCN21. The zero-order chi connectivity index (χ0) is 27.1. The van der Waals surface area contributed by atoms with Gasteiger partial charge in [-0.1, -0.05) is 0 Å². The highest BCUT2D eigenvalue weighted by atomic mass is 79.9. The molecule has 1 saturated heterocycles. The van der Waals surface area contributed by atoms with Gasteiger partial charge in [-0.05, 0) is 41.4 Å². The topological polar surface area (TPSA) is 124 Å². The summed E-state index contributed by atoms with van der Waals surface area (Å²) in [6.45, 7) is 6.10. The van der Waals surface area contributed by atoms with Crippen LogP contribution in [-0.2, 0) is 9.30 Å². The van der Waals surface area contributed by atoms with Crippen LogP contribution in [0.4, 0.5) is 28.8 Å². The van der Waals surface area contributed by atoms with Crippen LogP contribution in [0.1, 0.15) is 0 Å². The van der Waals surface area contributed by atoms with E-state index in [0.717, 1.165) is 18.0 Å². The molecule has 39 heavy (non-hydrogen) atoms. The molecular formula is C26H27BrN7O4P. The van der Waals surface area contributed by atoms with Gasteiger partial charge >= 0.3 is 0 Å². The van der Waals surface area contributed by atoms with Crippen LogP contribution in [-0.4, -0.2) is 72.8 Å². The van der Waals surface area contributed by atoms with Gasteiger partial charge in [0.2, 0.25) is 5.95 Å². The van der Waals surface area contributed by atoms with E-state index in [1.54, 1.807) is 39.0 Å². The molecular weight excluding hydrogens is 585 g/mol. The van der Waals surface area contributed by atoms with Gasteiger partial charge in [-0.15, -0.1) is 0 Å². The summed E-state index contributed by atoms with van der Waals surface area (Å²) >= 11 is 3.54. The summed E-state index contributed by atoms with van der Waals surface area (Å²) in [5.74, 6) is 2.24. The van der Waals surface area contributed by atoms with Crippen molar-refractivity contribution < 1.29 is 18.8 Å². The zero-order valence-electron chi connectivity index (χ0n) is 21.6. The fourth-order valence-corrected chi connectivity index (χ4v) is 6.57. The van der Waals surface area contributed by atoms with Crippen molar-refractivity contribution in [2.75, 3.05) is 62.3 Å². The van der Waals surface area contributed by atoms with Crippen molar-refractivity contribution in [3.05, 3.63) is 47.3 Å². The Bertz CT molecular complexity index is 1620. The van der Waals surface area contributed by atoms with Crippen molar-refractivity contribution >= 4 is 68.2 Å². The third-order valence-electron chi connectivity index (χ3n) is 6.65. The first kappa shape index (κ1) is 25.8. The molecule has 2 aromatic heterocycles. The fourth-order valence-electron chi connectivity index (χ4n) is 4.88. The molecule has 11 nitrogen and oxygen atoms in total. The van der Waals surface area contributed by atoms with Gasteiger partial charge in [0.05, 0.1) is 58.7 Å². The molecule has 0 spiro atoms. The van der Waals surface area contributed by atoms with E-state index in [1.807, 2.05) is 24.3 Å².